The van der Waals surface area contributed by atoms with Crippen molar-refractivity contribution in [1.29, 1.82) is 0 Å². The van der Waals surface area contributed by atoms with Gasteiger partial charge in [0.05, 0.1) is 0 Å². The predicted molar refractivity (Wildman–Crippen MR) is 61.6 cm³/mol. The molecule has 0 spiro atoms. The molecule has 2 aromatic rings. The second kappa shape index (κ2) is 4.25. The van der Waals surface area contributed by atoms with Crippen LogP contribution in [0.4, 0.5) is 0 Å². The zero-order chi connectivity index (χ0) is 11.7. The molecule has 1 N–H and O–H groups in total. The first kappa shape index (κ1) is 10.4. The smallest absolute Gasteiger partial charge is 0.223 e. The fourth-order valence-corrected chi connectivity index (χ4v) is 2.36. The zero-order valence-corrected chi connectivity index (χ0v) is 9.63. The van der Waals surface area contributed by atoms with Gasteiger partial charge in [-0.15, -0.1) is 0 Å². The van der Waals surface area contributed by atoms with Crippen LogP contribution in [0.3, 0.4) is 0 Å². The second-order valence-electron chi connectivity index (χ2n) is 4.33. The maximum atomic E-state index is 5.06. The summed E-state index contributed by atoms with van der Waals surface area (Å²) in [7, 11) is 0. The number of aromatic nitrogens is 3. The van der Waals surface area contributed by atoms with Gasteiger partial charge in [-0.2, -0.15) is 4.98 Å². The van der Waals surface area contributed by atoms with Gasteiger partial charge in [0.25, 0.3) is 0 Å². The van der Waals surface area contributed by atoms with Gasteiger partial charge in [-0.1, -0.05) is 11.2 Å². The molecule has 0 unspecified atom stereocenters. The topological polar surface area (TPSA) is 63.8 Å². The summed E-state index contributed by atoms with van der Waals surface area (Å²) in [4.78, 5) is 8.50. The Labute approximate surface area is 99.3 Å². The highest BCUT2D eigenvalue weighted by atomic mass is 16.5. The number of nitrogens with zero attached hydrogens (tertiary/aromatic N) is 3. The first-order valence-electron chi connectivity index (χ1n) is 5.75. The number of pyridine rings is 1. The third-order valence-corrected chi connectivity index (χ3v) is 3.20. The monoisotopic (exact) mass is 230 g/mol. The van der Waals surface area contributed by atoms with Crippen molar-refractivity contribution in [1.82, 2.24) is 20.4 Å². The molecule has 2 atom stereocenters. The Morgan fingerprint density at radius 1 is 1.35 bits per heavy atom. The maximum Gasteiger partial charge on any atom is 0.223 e. The Balaban J connectivity index is 1.90. The quantitative estimate of drug-likeness (QED) is 0.841. The van der Waals surface area contributed by atoms with Crippen molar-refractivity contribution in [2.24, 2.45) is 0 Å². The molecule has 0 aliphatic carbocycles. The SMILES string of the molecule is Cc1nc([C@@H]2CNC[C@H]2c2cccnc2)no1. The lowest BCUT2D eigenvalue weighted by Crippen LogP contribution is -2.10. The molecule has 0 radical (unpaired) electrons. The molecule has 3 heterocycles. The van der Waals surface area contributed by atoms with E-state index < -0.39 is 0 Å². The molecule has 0 aromatic carbocycles. The predicted octanol–water partition coefficient (Wildman–Crippen LogP) is 1.24. The van der Waals surface area contributed by atoms with E-state index in [1.54, 1.807) is 6.20 Å². The lowest BCUT2D eigenvalue weighted by molar-refractivity contribution is 0.382. The van der Waals surface area contributed by atoms with Crippen molar-refractivity contribution in [3.05, 3.63) is 41.8 Å². The van der Waals surface area contributed by atoms with E-state index in [2.05, 4.69) is 26.5 Å². The second-order valence-corrected chi connectivity index (χ2v) is 4.33. The van der Waals surface area contributed by atoms with Crippen LogP contribution in [0.5, 0.6) is 0 Å². The van der Waals surface area contributed by atoms with Gasteiger partial charge in [-0.3, -0.25) is 4.98 Å². The van der Waals surface area contributed by atoms with E-state index in [9.17, 15) is 0 Å². The third kappa shape index (κ3) is 1.93. The average Bonchev–Trinajstić information content (AvgIpc) is 2.98. The minimum atomic E-state index is 0.275. The van der Waals surface area contributed by atoms with Crippen molar-refractivity contribution in [2.75, 3.05) is 13.1 Å². The van der Waals surface area contributed by atoms with Gasteiger partial charge in [-0.05, 0) is 11.6 Å². The van der Waals surface area contributed by atoms with E-state index in [1.165, 1.54) is 5.56 Å². The minimum Gasteiger partial charge on any atom is -0.340 e. The Hall–Kier alpha value is -1.75. The fourth-order valence-electron chi connectivity index (χ4n) is 2.36. The van der Waals surface area contributed by atoms with Gasteiger partial charge in [0.1, 0.15) is 0 Å². The average molecular weight is 230 g/mol. The van der Waals surface area contributed by atoms with Crippen molar-refractivity contribution < 1.29 is 4.52 Å². The summed E-state index contributed by atoms with van der Waals surface area (Å²) in [6.45, 7) is 3.64. The number of rotatable bonds is 2. The molecule has 5 heteroatoms. The van der Waals surface area contributed by atoms with Crippen LogP contribution >= 0.6 is 0 Å². The Morgan fingerprint density at radius 2 is 2.24 bits per heavy atom. The van der Waals surface area contributed by atoms with Gasteiger partial charge < -0.3 is 9.84 Å². The number of hydrogen-bond acceptors (Lipinski definition) is 5. The molecule has 1 saturated heterocycles. The summed E-state index contributed by atoms with van der Waals surface area (Å²) in [5.41, 5.74) is 1.23. The summed E-state index contributed by atoms with van der Waals surface area (Å²) >= 11 is 0. The first-order valence-corrected chi connectivity index (χ1v) is 5.75. The lowest BCUT2D eigenvalue weighted by Gasteiger charge is -2.14. The van der Waals surface area contributed by atoms with Gasteiger partial charge in [0, 0.05) is 44.2 Å². The van der Waals surface area contributed by atoms with E-state index in [1.807, 2.05) is 19.2 Å². The van der Waals surface area contributed by atoms with Crippen LogP contribution in [-0.4, -0.2) is 28.2 Å². The van der Waals surface area contributed by atoms with Gasteiger partial charge in [-0.25, -0.2) is 0 Å². The molecule has 2 aromatic heterocycles. The lowest BCUT2D eigenvalue weighted by atomic mass is 9.89. The summed E-state index contributed by atoms with van der Waals surface area (Å²) in [6.07, 6.45) is 3.71. The summed E-state index contributed by atoms with van der Waals surface area (Å²) in [6, 6.07) is 4.07. The number of hydrogen-bond donors (Lipinski definition) is 1. The van der Waals surface area contributed by atoms with Gasteiger partial charge >= 0.3 is 0 Å². The molecule has 1 fully saturated rings. The third-order valence-electron chi connectivity index (χ3n) is 3.20. The van der Waals surface area contributed by atoms with Crippen molar-refractivity contribution >= 4 is 0 Å². The van der Waals surface area contributed by atoms with Crippen LogP contribution in [0.15, 0.2) is 29.0 Å². The molecular weight excluding hydrogens is 216 g/mol. The van der Waals surface area contributed by atoms with Crippen LogP contribution < -0.4 is 5.32 Å². The van der Waals surface area contributed by atoms with Crippen molar-refractivity contribution in [2.45, 2.75) is 18.8 Å². The van der Waals surface area contributed by atoms with Crippen LogP contribution in [0, 0.1) is 6.92 Å². The summed E-state index contributed by atoms with van der Waals surface area (Å²) in [5.74, 6) is 2.07. The van der Waals surface area contributed by atoms with Crippen LogP contribution in [0.2, 0.25) is 0 Å². The van der Waals surface area contributed by atoms with Crippen molar-refractivity contribution in [3.63, 3.8) is 0 Å². The molecule has 0 amide bonds. The maximum absolute atomic E-state index is 5.06. The zero-order valence-electron chi connectivity index (χ0n) is 9.63. The highest BCUT2D eigenvalue weighted by Crippen LogP contribution is 2.33. The molecule has 0 bridgehead atoms. The first-order chi connectivity index (χ1) is 8.34. The van der Waals surface area contributed by atoms with E-state index in [0.717, 1.165) is 18.9 Å². The standard InChI is InChI=1S/C12H14N4O/c1-8-15-12(16-17-8)11-7-14-6-10(11)9-3-2-4-13-5-9/h2-5,10-11,14H,6-7H2,1H3/t10-,11+/m0/s1. The van der Waals surface area contributed by atoms with E-state index in [4.69, 9.17) is 4.52 Å². The molecule has 1 aliphatic rings. The molecule has 0 saturated carbocycles. The van der Waals surface area contributed by atoms with E-state index in [0.29, 0.717) is 11.8 Å². The summed E-state index contributed by atoms with van der Waals surface area (Å²) in [5, 5.41) is 7.41. The van der Waals surface area contributed by atoms with E-state index >= 15 is 0 Å². The number of nitrogens with one attached hydrogen (secondary N) is 1. The largest absolute Gasteiger partial charge is 0.340 e. The molecule has 88 valence electrons. The van der Waals surface area contributed by atoms with Crippen molar-refractivity contribution in [3.8, 4) is 0 Å². The Kier molecular flexibility index (Phi) is 2.60. The molecule has 1 aliphatic heterocycles. The van der Waals surface area contributed by atoms with Crippen LogP contribution in [0.1, 0.15) is 29.1 Å². The molecule has 5 nitrogen and oxygen atoms in total. The Morgan fingerprint density at radius 3 is 2.94 bits per heavy atom. The Bertz CT molecular complexity index is 496. The highest BCUT2D eigenvalue weighted by Gasteiger charge is 2.33. The highest BCUT2D eigenvalue weighted by molar-refractivity contribution is 5.23. The summed E-state index contributed by atoms with van der Waals surface area (Å²) < 4.78 is 5.06. The van der Waals surface area contributed by atoms with E-state index in [-0.39, 0.29) is 5.92 Å². The number of aryl methyl sites for hydroxylation is 1. The van der Waals surface area contributed by atoms with Gasteiger partial charge in [0.2, 0.25) is 5.89 Å². The molecule has 3 rings (SSSR count). The van der Waals surface area contributed by atoms with Crippen LogP contribution in [0.25, 0.3) is 0 Å². The normalized spacial score (nSPS) is 24.1. The molecular formula is C12H14N4O. The van der Waals surface area contributed by atoms with Crippen LogP contribution in [-0.2, 0) is 0 Å². The molecule has 17 heavy (non-hydrogen) atoms. The fraction of sp³-hybridized carbons (Fsp3) is 0.417. The minimum absolute atomic E-state index is 0.275. The van der Waals surface area contributed by atoms with Gasteiger partial charge in [0.15, 0.2) is 5.82 Å².